The number of ether oxygens (including phenoxy) is 1. The lowest BCUT2D eigenvalue weighted by atomic mass is 10.1. The van der Waals surface area contributed by atoms with Crippen LogP contribution in [0.2, 0.25) is 5.02 Å². The van der Waals surface area contributed by atoms with Gasteiger partial charge in [-0.2, -0.15) is 5.10 Å². The van der Waals surface area contributed by atoms with E-state index in [-0.39, 0.29) is 10.9 Å². The van der Waals surface area contributed by atoms with Crippen molar-refractivity contribution in [3.8, 4) is 11.6 Å². The largest absolute Gasteiger partial charge is 0.435 e. The van der Waals surface area contributed by atoms with Gasteiger partial charge in [0.2, 0.25) is 5.88 Å². The summed E-state index contributed by atoms with van der Waals surface area (Å²) in [6.07, 6.45) is 0. The summed E-state index contributed by atoms with van der Waals surface area (Å²) in [5.74, 6) is 0.763. The summed E-state index contributed by atoms with van der Waals surface area (Å²) in [5.41, 5.74) is 8.99. The van der Waals surface area contributed by atoms with E-state index in [1.807, 2.05) is 32.9 Å². The summed E-state index contributed by atoms with van der Waals surface area (Å²) >= 11 is 11.2. The van der Waals surface area contributed by atoms with Crippen molar-refractivity contribution in [2.45, 2.75) is 20.8 Å². The molecular formula is C14H14ClN3OS. The number of nitrogens with zero attached hydrogens (tertiary/aromatic N) is 2. The van der Waals surface area contributed by atoms with Gasteiger partial charge in [-0.25, -0.2) is 0 Å². The zero-order chi connectivity index (χ0) is 14.9. The number of rotatable bonds is 3. The molecule has 0 unspecified atom stereocenters. The Bertz CT molecular complexity index is 688. The van der Waals surface area contributed by atoms with Crippen LogP contribution in [0.1, 0.15) is 22.4 Å². The summed E-state index contributed by atoms with van der Waals surface area (Å²) < 4.78 is 5.72. The second-order valence-electron chi connectivity index (χ2n) is 4.49. The van der Waals surface area contributed by atoms with E-state index >= 15 is 0 Å². The van der Waals surface area contributed by atoms with Crippen LogP contribution in [0.4, 0.5) is 0 Å². The third-order valence-corrected chi connectivity index (χ3v) is 3.46. The van der Waals surface area contributed by atoms with Crippen LogP contribution in [0.3, 0.4) is 0 Å². The topological polar surface area (TPSA) is 61.0 Å². The van der Waals surface area contributed by atoms with Gasteiger partial charge in [0, 0.05) is 0 Å². The molecule has 0 atom stereocenters. The highest BCUT2D eigenvalue weighted by Gasteiger charge is 2.16. The fraction of sp³-hybridized carbons (Fsp3) is 0.214. The van der Waals surface area contributed by atoms with Crippen LogP contribution >= 0.6 is 23.8 Å². The van der Waals surface area contributed by atoms with Gasteiger partial charge in [0.05, 0.1) is 16.3 Å². The standard InChI is InChI=1S/C14H14ClN3OS/c1-7-4-5-11(10(15)6-7)19-14-12(13(16)20)8(2)9(3)17-18-14/h4-6H,1-3H3,(H2,16,20). The molecule has 6 heteroatoms. The molecule has 0 aliphatic carbocycles. The minimum atomic E-state index is 0.221. The highest BCUT2D eigenvalue weighted by Crippen LogP contribution is 2.31. The fourth-order valence-corrected chi connectivity index (χ4v) is 2.26. The number of hydrogen-bond donors (Lipinski definition) is 1. The maximum Gasteiger partial charge on any atom is 0.249 e. The second-order valence-corrected chi connectivity index (χ2v) is 5.34. The SMILES string of the molecule is Cc1ccc(Oc2nnc(C)c(C)c2C(N)=S)c(Cl)c1. The van der Waals surface area contributed by atoms with E-state index in [1.54, 1.807) is 6.07 Å². The van der Waals surface area contributed by atoms with Crippen molar-refractivity contribution in [1.29, 1.82) is 0 Å². The van der Waals surface area contributed by atoms with E-state index in [1.165, 1.54) is 0 Å². The lowest BCUT2D eigenvalue weighted by Crippen LogP contribution is -2.15. The van der Waals surface area contributed by atoms with Crippen LogP contribution in [0, 0.1) is 20.8 Å². The monoisotopic (exact) mass is 307 g/mol. The lowest BCUT2D eigenvalue weighted by molar-refractivity contribution is 0.452. The van der Waals surface area contributed by atoms with Crippen LogP contribution < -0.4 is 10.5 Å². The molecular weight excluding hydrogens is 294 g/mol. The Balaban J connectivity index is 2.48. The van der Waals surface area contributed by atoms with E-state index in [0.29, 0.717) is 16.3 Å². The Morgan fingerprint density at radius 3 is 2.55 bits per heavy atom. The van der Waals surface area contributed by atoms with Crippen molar-refractivity contribution in [3.05, 3.63) is 45.6 Å². The third-order valence-electron chi connectivity index (χ3n) is 2.96. The maximum absolute atomic E-state index is 6.15. The molecule has 0 radical (unpaired) electrons. The zero-order valence-electron chi connectivity index (χ0n) is 11.4. The first kappa shape index (κ1) is 14.7. The van der Waals surface area contributed by atoms with Crippen molar-refractivity contribution in [1.82, 2.24) is 10.2 Å². The first-order valence-electron chi connectivity index (χ1n) is 5.98. The second kappa shape index (κ2) is 5.73. The van der Waals surface area contributed by atoms with Crippen molar-refractivity contribution in [3.63, 3.8) is 0 Å². The highest BCUT2D eigenvalue weighted by atomic mass is 35.5. The molecule has 0 aliphatic heterocycles. The molecule has 2 aromatic rings. The lowest BCUT2D eigenvalue weighted by Gasteiger charge is -2.13. The molecule has 0 fully saturated rings. The molecule has 0 saturated heterocycles. The van der Waals surface area contributed by atoms with Crippen molar-refractivity contribution in [2.75, 3.05) is 0 Å². The summed E-state index contributed by atoms with van der Waals surface area (Å²) in [5, 5.41) is 8.55. The summed E-state index contributed by atoms with van der Waals surface area (Å²) in [7, 11) is 0. The first-order valence-corrected chi connectivity index (χ1v) is 6.76. The number of thiocarbonyl (C=S) groups is 1. The van der Waals surface area contributed by atoms with Crippen LogP contribution in [-0.2, 0) is 0 Å². The van der Waals surface area contributed by atoms with Crippen LogP contribution in [0.25, 0.3) is 0 Å². The summed E-state index contributed by atoms with van der Waals surface area (Å²) in [6.45, 7) is 5.67. The predicted molar refractivity (Wildman–Crippen MR) is 83.7 cm³/mol. The number of aromatic nitrogens is 2. The number of aryl methyl sites for hydroxylation is 2. The molecule has 2 N–H and O–H groups in total. The van der Waals surface area contributed by atoms with Crippen LogP contribution in [-0.4, -0.2) is 15.2 Å². The molecule has 1 heterocycles. The highest BCUT2D eigenvalue weighted by molar-refractivity contribution is 7.80. The molecule has 104 valence electrons. The normalized spacial score (nSPS) is 10.4. The minimum absolute atomic E-state index is 0.221. The van der Waals surface area contributed by atoms with Crippen LogP contribution in [0.5, 0.6) is 11.6 Å². The maximum atomic E-state index is 6.15. The van der Waals surface area contributed by atoms with Crippen molar-refractivity contribution in [2.24, 2.45) is 5.73 Å². The molecule has 1 aromatic carbocycles. The molecule has 0 bridgehead atoms. The molecule has 0 spiro atoms. The van der Waals surface area contributed by atoms with Gasteiger partial charge in [0.25, 0.3) is 0 Å². The van der Waals surface area contributed by atoms with E-state index in [2.05, 4.69) is 10.2 Å². The summed E-state index contributed by atoms with van der Waals surface area (Å²) in [6, 6.07) is 5.49. The molecule has 4 nitrogen and oxygen atoms in total. The minimum Gasteiger partial charge on any atom is -0.435 e. The van der Waals surface area contributed by atoms with Crippen molar-refractivity contribution >= 4 is 28.8 Å². The van der Waals surface area contributed by atoms with E-state index in [0.717, 1.165) is 16.8 Å². The number of hydrogen-bond acceptors (Lipinski definition) is 4. The molecule has 0 amide bonds. The summed E-state index contributed by atoms with van der Waals surface area (Å²) in [4.78, 5) is 0.221. The van der Waals surface area contributed by atoms with Gasteiger partial charge in [-0.15, -0.1) is 5.10 Å². The molecule has 0 aliphatic rings. The average molecular weight is 308 g/mol. The third kappa shape index (κ3) is 2.89. The Labute approximate surface area is 127 Å². The number of nitrogens with two attached hydrogens (primary N) is 1. The fourth-order valence-electron chi connectivity index (χ4n) is 1.74. The van der Waals surface area contributed by atoms with Gasteiger partial charge in [-0.05, 0) is 44.0 Å². The van der Waals surface area contributed by atoms with Gasteiger partial charge >= 0.3 is 0 Å². The van der Waals surface area contributed by atoms with E-state index in [9.17, 15) is 0 Å². The van der Waals surface area contributed by atoms with Gasteiger partial charge in [-0.1, -0.05) is 29.9 Å². The van der Waals surface area contributed by atoms with Gasteiger partial charge < -0.3 is 10.5 Å². The smallest absolute Gasteiger partial charge is 0.249 e. The Hall–Kier alpha value is -1.72. The van der Waals surface area contributed by atoms with Gasteiger partial charge in [0.1, 0.15) is 10.7 Å². The quantitative estimate of drug-likeness (QED) is 0.880. The predicted octanol–water partition coefficient (Wildman–Crippen LogP) is 3.48. The average Bonchev–Trinajstić information content (AvgIpc) is 2.36. The molecule has 20 heavy (non-hydrogen) atoms. The molecule has 0 saturated carbocycles. The van der Waals surface area contributed by atoms with Gasteiger partial charge in [-0.3, -0.25) is 0 Å². The molecule has 2 rings (SSSR count). The van der Waals surface area contributed by atoms with Crippen LogP contribution in [0.15, 0.2) is 18.2 Å². The van der Waals surface area contributed by atoms with Crippen molar-refractivity contribution < 1.29 is 4.74 Å². The Morgan fingerprint density at radius 2 is 1.95 bits per heavy atom. The Kier molecular flexibility index (Phi) is 4.20. The first-order chi connectivity index (χ1) is 9.40. The number of benzene rings is 1. The molecule has 1 aromatic heterocycles. The number of halogens is 1. The Morgan fingerprint density at radius 1 is 1.25 bits per heavy atom. The zero-order valence-corrected chi connectivity index (χ0v) is 13.0. The van der Waals surface area contributed by atoms with E-state index < -0.39 is 0 Å². The van der Waals surface area contributed by atoms with Gasteiger partial charge in [0.15, 0.2) is 0 Å². The van der Waals surface area contributed by atoms with E-state index in [4.69, 9.17) is 34.3 Å².